The first-order valence-electron chi connectivity index (χ1n) is 7.29. The third-order valence-corrected chi connectivity index (χ3v) is 4.02. The van der Waals surface area contributed by atoms with Gasteiger partial charge >= 0.3 is 6.09 Å². The zero-order valence-corrected chi connectivity index (χ0v) is 12.1. The molecule has 1 aliphatic rings. The number of rotatable bonds is 5. The molecule has 0 atom stereocenters. The molecule has 2 aromatic carbocycles. The van der Waals surface area contributed by atoms with Gasteiger partial charge in [0, 0.05) is 18.8 Å². The Morgan fingerprint density at radius 2 is 1.50 bits per heavy atom. The van der Waals surface area contributed by atoms with Crippen LogP contribution >= 0.6 is 0 Å². The Bertz CT molecular complexity index is 678. The van der Waals surface area contributed by atoms with Crippen LogP contribution in [0, 0.1) is 0 Å². The molecule has 0 aliphatic heterocycles. The van der Waals surface area contributed by atoms with Gasteiger partial charge in [-0.1, -0.05) is 48.5 Å². The molecule has 112 valence electrons. The Hall–Kier alpha value is -2.62. The van der Waals surface area contributed by atoms with Crippen LogP contribution in [0.2, 0.25) is 0 Å². The van der Waals surface area contributed by atoms with Crippen LogP contribution in [-0.4, -0.2) is 18.5 Å². The highest BCUT2D eigenvalue weighted by atomic mass is 16.5. The fourth-order valence-electron chi connectivity index (χ4n) is 3.07. The van der Waals surface area contributed by atoms with Gasteiger partial charge in [-0.3, -0.25) is 4.79 Å². The van der Waals surface area contributed by atoms with E-state index in [4.69, 9.17) is 5.73 Å². The van der Waals surface area contributed by atoms with E-state index in [0.29, 0.717) is 6.42 Å². The highest BCUT2D eigenvalue weighted by Crippen LogP contribution is 2.46. The lowest BCUT2D eigenvalue weighted by molar-refractivity contribution is -0.119. The number of hydrogen-bond donors (Lipinski definition) is 1. The molecule has 0 unspecified atom stereocenters. The van der Waals surface area contributed by atoms with Gasteiger partial charge in [-0.05, 0) is 22.3 Å². The van der Waals surface area contributed by atoms with Gasteiger partial charge in [-0.15, -0.1) is 0 Å². The van der Waals surface area contributed by atoms with Gasteiger partial charge in [0.25, 0.3) is 0 Å². The summed E-state index contributed by atoms with van der Waals surface area (Å²) in [7, 11) is 0. The predicted octanol–water partition coefficient (Wildman–Crippen LogP) is 3.24. The number of benzene rings is 2. The summed E-state index contributed by atoms with van der Waals surface area (Å²) in [5, 5.41) is 0. The van der Waals surface area contributed by atoms with Crippen LogP contribution in [0.5, 0.6) is 0 Å². The third kappa shape index (κ3) is 2.72. The molecule has 0 saturated heterocycles. The highest BCUT2D eigenvalue weighted by Gasteiger charge is 2.29. The number of fused-ring (bicyclic) bond motifs is 3. The van der Waals surface area contributed by atoms with Crippen LogP contribution < -0.4 is 5.73 Å². The number of carbonyl (C=O) groups is 2. The summed E-state index contributed by atoms with van der Waals surface area (Å²) in [6.07, 6.45) is -0.232. The van der Waals surface area contributed by atoms with Crippen LogP contribution in [0.1, 0.15) is 29.9 Å². The van der Waals surface area contributed by atoms with E-state index in [9.17, 15) is 9.59 Å². The fourth-order valence-corrected chi connectivity index (χ4v) is 3.07. The summed E-state index contributed by atoms with van der Waals surface area (Å²) in [4.78, 5) is 22.7. The zero-order valence-electron chi connectivity index (χ0n) is 12.1. The number of primary amides is 1. The van der Waals surface area contributed by atoms with E-state index in [1.54, 1.807) is 0 Å². The molecule has 2 N–H and O–H groups in total. The molecule has 4 nitrogen and oxygen atoms in total. The van der Waals surface area contributed by atoms with Gasteiger partial charge in [0.1, 0.15) is 12.4 Å². The second-order valence-electron chi connectivity index (χ2n) is 5.39. The van der Waals surface area contributed by atoms with E-state index >= 15 is 0 Å². The quantitative estimate of drug-likeness (QED) is 0.920. The van der Waals surface area contributed by atoms with Gasteiger partial charge in [-0.25, -0.2) is 4.79 Å². The lowest BCUT2D eigenvalue weighted by atomic mass is 9.91. The maximum absolute atomic E-state index is 12.2. The zero-order chi connectivity index (χ0) is 15.5. The van der Waals surface area contributed by atoms with E-state index in [1.807, 2.05) is 24.3 Å². The molecule has 4 heteroatoms. The highest BCUT2D eigenvalue weighted by molar-refractivity contribution is 5.85. The largest absolute Gasteiger partial charge is 0.449 e. The SMILES string of the molecule is NC(=O)OCCC(=O)CC1c2ccccc2-c2ccccc21. The first-order valence-corrected chi connectivity index (χ1v) is 7.29. The molecule has 22 heavy (non-hydrogen) atoms. The molecule has 0 aromatic heterocycles. The summed E-state index contributed by atoms with van der Waals surface area (Å²) < 4.78 is 4.63. The molecule has 0 fully saturated rings. The van der Waals surface area contributed by atoms with E-state index in [-0.39, 0.29) is 24.7 Å². The van der Waals surface area contributed by atoms with E-state index < -0.39 is 6.09 Å². The second-order valence-corrected chi connectivity index (χ2v) is 5.39. The molecule has 3 rings (SSSR count). The van der Waals surface area contributed by atoms with Gasteiger partial charge in [0.15, 0.2) is 0 Å². The first kappa shape index (κ1) is 14.3. The number of carbonyl (C=O) groups excluding carboxylic acids is 2. The van der Waals surface area contributed by atoms with Gasteiger partial charge in [0.2, 0.25) is 0 Å². The fraction of sp³-hybridized carbons (Fsp3) is 0.222. The molecule has 2 aromatic rings. The average molecular weight is 295 g/mol. The minimum atomic E-state index is -0.843. The monoisotopic (exact) mass is 295 g/mol. The molecule has 0 bridgehead atoms. The number of ketones is 1. The molecular weight excluding hydrogens is 278 g/mol. The van der Waals surface area contributed by atoms with Crippen molar-refractivity contribution in [1.82, 2.24) is 0 Å². The summed E-state index contributed by atoms with van der Waals surface area (Å²) >= 11 is 0. The molecule has 0 heterocycles. The minimum absolute atomic E-state index is 0.0458. The third-order valence-electron chi connectivity index (χ3n) is 4.02. The van der Waals surface area contributed by atoms with Crippen molar-refractivity contribution in [2.75, 3.05) is 6.61 Å². The maximum Gasteiger partial charge on any atom is 0.404 e. The number of Topliss-reactive ketones (excluding diaryl/α,β-unsaturated/α-hetero) is 1. The van der Waals surface area contributed by atoms with Crippen LogP contribution in [0.15, 0.2) is 48.5 Å². The molecular formula is C18H17NO3. The van der Waals surface area contributed by atoms with Crippen molar-refractivity contribution in [3.8, 4) is 11.1 Å². The Morgan fingerprint density at radius 3 is 2.05 bits per heavy atom. The summed E-state index contributed by atoms with van der Waals surface area (Å²) in [5.41, 5.74) is 9.67. The Labute approximate surface area is 128 Å². The molecule has 0 saturated carbocycles. The van der Waals surface area contributed by atoms with E-state index in [0.717, 1.165) is 0 Å². The van der Waals surface area contributed by atoms with E-state index in [2.05, 4.69) is 29.0 Å². The lowest BCUT2D eigenvalue weighted by Crippen LogP contribution is -2.16. The molecule has 1 aliphatic carbocycles. The standard InChI is InChI=1S/C18H17NO3/c19-18(21)22-10-9-12(20)11-17-15-7-3-1-5-13(15)14-6-2-4-8-16(14)17/h1-8,17H,9-11H2,(H2,19,21). The summed E-state index contributed by atoms with van der Waals surface area (Å²) in [6.45, 7) is 0.0458. The Kier molecular flexibility index (Phi) is 3.92. The van der Waals surface area contributed by atoms with Crippen molar-refractivity contribution < 1.29 is 14.3 Å². The normalized spacial score (nSPS) is 12.5. The van der Waals surface area contributed by atoms with Crippen LogP contribution in [-0.2, 0) is 9.53 Å². The lowest BCUT2D eigenvalue weighted by Gasteiger charge is -2.12. The summed E-state index contributed by atoms with van der Waals surface area (Å²) in [6, 6.07) is 16.4. The van der Waals surface area contributed by atoms with Crippen molar-refractivity contribution in [2.24, 2.45) is 5.73 Å². The van der Waals surface area contributed by atoms with Crippen molar-refractivity contribution in [3.63, 3.8) is 0 Å². The predicted molar refractivity (Wildman–Crippen MR) is 83.5 cm³/mol. The summed E-state index contributed by atoms with van der Waals surface area (Å²) in [5.74, 6) is 0.145. The van der Waals surface area contributed by atoms with Crippen molar-refractivity contribution in [1.29, 1.82) is 0 Å². The van der Waals surface area contributed by atoms with Gasteiger partial charge in [0.05, 0.1) is 0 Å². The maximum atomic E-state index is 12.2. The number of hydrogen-bond acceptors (Lipinski definition) is 3. The smallest absolute Gasteiger partial charge is 0.404 e. The van der Waals surface area contributed by atoms with Crippen molar-refractivity contribution in [3.05, 3.63) is 59.7 Å². The Balaban J connectivity index is 1.79. The first-order chi connectivity index (χ1) is 10.7. The van der Waals surface area contributed by atoms with Crippen LogP contribution in [0.3, 0.4) is 0 Å². The second kappa shape index (κ2) is 6.02. The Morgan fingerprint density at radius 1 is 0.955 bits per heavy atom. The van der Waals surface area contributed by atoms with E-state index in [1.165, 1.54) is 22.3 Å². The topological polar surface area (TPSA) is 69.4 Å². The van der Waals surface area contributed by atoms with Gasteiger partial charge in [-0.2, -0.15) is 0 Å². The number of amides is 1. The molecule has 1 amide bonds. The van der Waals surface area contributed by atoms with Crippen molar-refractivity contribution >= 4 is 11.9 Å². The minimum Gasteiger partial charge on any atom is -0.449 e. The average Bonchev–Trinajstić information content (AvgIpc) is 2.82. The van der Waals surface area contributed by atoms with Gasteiger partial charge < -0.3 is 10.5 Å². The molecule has 0 spiro atoms. The molecule has 0 radical (unpaired) electrons. The number of ether oxygens (including phenoxy) is 1. The van der Waals surface area contributed by atoms with Crippen LogP contribution in [0.25, 0.3) is 11.1 Å². The van der Waals surface area contributed by atoms with Crippen LogP contribution in [0.4, 0.5) is 4.79 Å². The van der Waals surface area contributed by atoms with Crippen molar-refractivity contribution in [2.45, 2.75) is 18.8 Å². The number of nitrogens with two attached hydrogens (primary N) is 1.